The zero-order valence-corrected chi connectivity index (χ0v) is 14.5. The van der Waals surface area contributed by atoms with Gasteiger partial charge in [0.15, 0.2) is 0 Å². The number of hydrogen-bond acceptors (Lipinski definition) is 5. The molecule has 8 heteroatoms. The zero-order valence-electron chi connectivity index (χ0n) is 13.7. The van der Waals surface area contributed by atoms with Crippen LogP contribution in [0.25, 0.3) is 10.8 Å². The Kier molecular flexibility index (Phi) is 4.31. The summed E-state index contributed by atoms with van der Waals surface area (Å²) in [6.45, 7) is 1.81. The van der Waals surface area contributed by atoms with E-state index in [9.17, 15) is 22.9 Å². The number of carbonyl (C=O) groups excluding carboxylic acids is 1. The van der Waals surface area contributed by atoms with E-state index in [0.29, 0.717) is 0 Å². The molecule has 0 fully saturated rings. The Bertz CT molecular complexity index is 1140. The molecule has 0 aliphatic heterocycles. The first kappa shape index (κ1) is 17.7. The first-order valence-electron chi connectivity index (χ1n) is 7.58. The van der Waals surface area contributed by atoms with Crippen molar-refractivity contribution >= 4 is 38.2 Å². The van der Waals surface area contributed by atoms with E-state index in [4.69, 9.17) is 5.73 Å². The number of anilines is 2. The lowest BCUT2D eigenvalue weighted by Crippen LogP contribution is -2.15. The third kappa shape index (κ3) is 3.19. The Labute approximate surface area is 149 Å². The fourth-order valence-corrected chi connectivity index (χ4v) is 3.43. The van der Waals surface area contributed by atoms with Gasteiger partial charge in [0, 0.05) is 16.5 Å². The molecule has 0 aliphatic rings. The summed E-state index contributed by atoms with van der Waals surface area (Å²) >= 11 is 0. The second-order valence-electron chi connectivity index (χ2n) is 5.83. The summed E-state index contributed by atoms with van der Waals surface area (Å²) in [4.78, 5) is 12.3. The van der Waals surface area contributed by atoms with Crippen LogP contribution in [0, 0.1) is 6.92 Å². The van der Waals surface area contributed by atoms with Gasteiger partial charge in [-0.05, 0) is 37.3 Å². The molecule has 0 saturated carbocycles. The van der Waals surface area contributed by atoms with Gasteiger partial charge in [-0.2, -0.15) is 8.42 Å². The van der Waals surface area contributed by atoms with Crippen LogP contribution in [-0.4, -0.2) is 24.0 Å². The van der Waals surface area contributed by atoms with E-state index in [1.165, 1.54) is 30.3 Å². The standard InChI is InChI=1S/C18H16N2O5S/c1-10-5-7-14(19)13(9-10)18(22)20-17-12-3-2-4-16(26(23,24)25)11(12)6-8-15(17)21/h2-9,21H,19H2,1H3,(H,20,22)(H,23,24,25). The number of phenolic OH excluding ortho intramolecular Hbond substituents is 1. The van der Waals surface area contributed by atoms with Gasteiger partial charge in [0.1, 0.15) is 10.6 Å². The normalized spacial score (nSPS) is 11.5. The summed E-state index contributed by atoms with van der Waals surface area (Å²) in [5.41, 5.74) is 7.20. The molecule has 0 atom stereocenters. The molecule has 0 aromatic heterocycles. The van der Waals surface area contributed by atoms with Gasteiger partial charge >= 0.3 is 0 Å². The van der Waals surface area contributed by atoms with E-state index in [-0.39, 0.29) is 38.4 Å². The molecular formula is C18H16N2O5S. The minimum Gasteiger partial charge on any atom is -0.506 e. The second-order valence-corrected chi connectivity index (χ2v) is 7.22. The van der Waals surface area contributed by atoms with Crippen LogP contribution in [0.1, 0.15) is 15.9 Å². The molecule has 3 rings (SSSR count). The average molecular weight is 372 g/mol. The van der Waals surface area contributed by atoms with E-state index < -0.39 is 16.0 Å². The molecule has 134 valence electrons. The van der Waals surface area contributed by atoms with Crippen molar-refractivity contribution < 1.29 is 22.9 Å². The van der Waals surface area contributed by atoms with Crippen LogP contribution in [-0.2, 0) is 10.1 Å². The van der Waals surface area contributed by atoms with Gasteiger partial charge in [-0.1, -0.05) is 23.8 Å². The third-order valence-electron chi connectivity index (χ3n) is 3.97. The van der Waals surface area contributed by atoms with Gasteiger partial charge in [-0.15, -0.1) is 0 Å². The highest BCUT2D eigenvalue weighted by Crippen LogP contribution is 2.35. The molecule has 0 radical (unpaired) electrons. The molecule has 0 unspecified atom stereocenters. The van der Waals surface area contributed by atoms with E-state index in [2.05, 4.69) is 5.32 Å². The van der Waals surface area contributed by atoms with Crippen LogP contribution < -0.4 is 11.1 Å². The molecule has 0 bridgehead atoms. The van der Waals surface area contributed by atoms with Crippen LogP contribution in [0.15, 0.2) is 53.4 Å². The van der Waals surface area contributed by atoms with Crippen LogP contribution in [0.4, 0.5) is 11.4 Å². The molecule has 0 aliphatic carbocycles. The number of fused-ring (bicyclic) bond motifs is 1. The Hall–Kier alpha value is -3.10. The van der Waals surface area contributed by atoms with Gasteiger partial charge in [0.2, 0.25) is 0 Å². The number of nitrogen functional groups attached to an aromatic ring is 1. The van der Waals surface area contributed by atoms with Crippen molar-refractivity contribution in [1.29, 1.82) is 0 Å². The van der Waals surface area contributed by atoms with Gasteiger partial charge in [0.05, 0.1) is 11.3 Å². The summed E-state index contributed by atoms with van der Waals surface area (Å²) in [6, 6.07) is 11.7. The maximum Gasteiger partial charge on any atom is 0.295 e. The smallest absolute Gasteiger partial charge is 0.295 e. The van der Waals surface area contributed by atoms with Crippen molar-refractivity contribution in [2.75, 3.05) is 11.1 Å². The maximum atomic E-state index is 12.6. The number of aryl methyl sites for hydroxylation is 1. The van der Waals surface area contributed by atoms with Gasteiger partial charge < -0.3 is 16.2 Å². The maximum absolute atomic E-state index is 12.6. The number of aromatic hydroxyl groups is 1. The summed E-state index contributed by atoms with van der Waals surface area (Å²) in [6.07, 6.45) is 0. The minimum absolute atomic E-state index is 0.0268. The lowest BCUT2D eigenvalue weighted by Gasteiger charge is -2.13. The van der Waals surface area contributed by atoms with Crippen molar-refractivity contribution in [3.05, 3.63) is 59.7 Å². The molecule has 3 aromatic rings. The average Bonchev–Trinajstić information content (AvgIpc) is 2.58. The number of rotatable bonds is 3. The fraction of sp³-hybridized carbons (Fsp3) is 0.0556. The predicted molar refractivity (Wildman–Crippen MR) is 99.0 cm³/mol. The first-order chi connectivity index (χ1) is 12.2. The van der Waals surface area contributed by atoms with Crippen molar-refractivity contribution in [2.45, 2.75) is 11.8 Å². The Balaban J connectivity index is 2.15. The summed E-state index contributed by atoms with van der Waals surface area (Å²) in [5, 5.41) is 13.2. The second kappa shape index (κ2) is 6.32. The SMILES string of the molecule is Cc1ccc(N)c(C(=O)Nc2c(O)ccc3c(S(=O)(=O)O)cccc23)c1. The van der Waals surface area contributed by atoms with E-state index in [1.54, 1.807) is 18.2 Å². The first-order valence-corrected chi connectivity index (χ1v) is 9.02. The minimum atomic E-state index is -4.47. The van der Waals surface area contributed by atoms with Crippen molar-refractivity contribution in [3.63, 3.8) is 0 Å². The van der Waals surface area contributed by atoms with E-state index in [0.717, 1.165) is 5.56 Å². The third-order valence-corrected chi connectivity index (χ3v) is 4.88. The highest BCUT2D eigenvalue weighted by molar-refractivity contribution is 7.86. The van der Waals surface area contributed by atoms with Crippen LogP contribution in [0.5, 0.6) is 5.75 Å². The number of phenols is 1. The lowest BCUT2D eigenvalue weighted by molar-refractivity contribution is 0.102. The van der Waals surface area contributed by atoms with Gasteiger partial charge in [-0.3, -0.25) is 9.35 Å². The summed E-state index contributed by atoms with van der Waals surface area (Å²) in [5.74, 6) is -0.796. The largest absolute Gasteiger partial charge is 0.506 e. The molecule has 0 heterocycles. The van der Waals surface area contributed by atoms with Crippen LogP contribution in [0.3, 0.4) is 0 Å². The lowest BCUT2D eigenvalue weighted by atomic mass is 10.1. The summed E-state index contributed by atoms with van der Waals surface area (Å²) in [7, 11) is -4.47. The predicted octanol–water partition coefficient (Wildman–Crippen LogP) is 2.94. The van der Waals surface area contributed by atoms with Gasteiger partial charge in [0.25, 0.3) is 16.0 Å². The number of nitrogens with one attached hydrogen (secondary N) is 1. The number of hydrogen-bond donors (Lipinski definition) is 4. The van der Waals surface area contributed by atoms with Crippen LogP contribution in [0.2, 0.25) is 0 Å². The molecule has 7 nitrogen and oxygen atoms in total. The Morgan fingerprint density at radius 2 is 1.81 bits per heavy atom. The number of benzene rings is 3. The fourth-order valence-electron chi connectivity index (χ4n) is 2.72. The topological polar surface area (TPSA) is 130 Å². The number of nitrogens with two attached hydrogens (primary N) is 1. The van der Waals surface area contributed by atoms with Crippen molar-refractivity contribution in [3.8, 4) is 5.75 Å². The molecule has 0 spiro atoms. The van der Waals surface area contributed by atoms with E-state index >= 15 is 0 Å². The highest BCUT2D eigenvalue weighted by Gasteiger charge is 2.19. The van der Waals surface area contributed by atoms with Crippen LogP contribution >= 0.6 is 0 Å². The zero-order chi connectivity index (χ0) is 19.1. The van der Waals surface area contributed by atoms with Crippen molar-refractivity contribution in [2.24, 2.45) is 0 Å². The molecule has 26 heavy (non-hydrogen) atoms. The van der Waals surface area contributed by atoms with Crippen molar-refractivity contribution in [1.82, 2.24) is 0 Å². The molecule has 1 amide bonds. The molecule has 0 saturated heterocycles. The summed E-state index contributed by atoms with van der Waals surface area (Å²) < 4.78 is 32.5. The molecular weight excluding hydrogens is 356 g/mol. The molecule has 5 N–H and O–H groups in total. The molecule has 3 aromatic carbocycles. The number of carbonyl (C=O) groups is 1. The van der Waals surface area contributed by atoms with Gasteiger partial charge in [-0.25, -0.2) is 0 Å². The number of amides is 1. The quantitative estimate of drug-likeness (QED) is 0.318. The highest BCUT2D eigenvalue weighted by atomic mass is 32.2. The van der Waals surface area contributed by atoms with E-state index in [1.807, 2.05) is 6.92 Å². The monoisotopic (exact) mass is 372 g/mol. The Morgan fingerprint density at radius 1 is 1.08 bits per heavy atom. The Morgan fingerprint density at radius 3 is 2.50 bits per heavy atom.